The van der Waals surface area contributed by atoms with Crippen LogP contribution < -0.4 is 5.32 Å². The molecule has 0 unspecified atom stereocenters. The van der Waals surface area contributed by atoms with E-state index in [1.54, 1.807) is 0 Å². The molecule has 0 amide bonds. The molecule has 0 fully saturated rings. The molecule has 1 heterocycles. The number of aromatic nitrogens is 2. The van der Waals surface area contributed by atoms with Crippen molar-refractivity contribution in [3.05, 3.63) is 48.3 Å². The Morgan fingerprint density at radius 1 is 1.16 bits per heavy atom. The topological polar surface area (TPSA) is 29.9 Å². The zero-order chi connectivity index (χ0) is 13.7. The first kappa shape index (κ1) is 13.8. The van der Waals surface area contributed by atoms with Crippen molar-refractivity contribution in [2.45, 2.75) is 45.7 Å². The van der Waals surface area contributed by atoms with E-state index in [9.17, 15) is 0 Å². The lowest BCUT2D eigenvalue weighted by Crippen LogP contribution is -2.38. The van der Waals surface area contributed by atoms with Gasteiger partial charge >= 0.3 is 0 Å². The van der Waals surface area contributed by atoms with Crippen molar-refractivity contribution < 1.29 is 0 Å². The predicted molar refractivity (Wildman–Crippen MR) is 79.4 cm³/mol. The second-order valence-corrected chi connectivity index (χ2v) is 5.57. The van der Waals surface area contributed by atoms with Crippen LogP contribution in [0.15, 0.2) is 42.6 Å². The highest BCUT2D eigenvalue weighted by molar-refractivity contribution is 5.30. The molecule has 0 bridgehead atoms. The molecule has 0 saturated heterocycles. The molecule has 0 saturated carbocycles. The average Bonchev–Trinajstić information content (AvgIpc) is 2.86. The summed E-state index contributed by atoms with van der Waals surface area (Å²) in [5, 5.41) is 8.16. The summed E-state index contributed by atoms with van der Waals surface area (Å²) in [5.74, 6) is 0. The van der Waals surface area contributed by atoms with Crippen molar-refractivity contribution in [2.75, 3.05) is 0 Å². The maximum atomic E-state index is 4.60. The molecule has 0 spiro atoms. The van der Waals surface area contributed by atoms with Gasteiger partial charge in [-0.05, 0) is 38.5 Å². The number of benzene rings is 1. The van der Waals surface area contributed by atoms with Crippen LogP contribution in [0.4, 0.5) is 0 Å². The molecule has 2 aromatic rings. The number of hydrogen-bond donors (Lipinski definition) is 1. The van der Waals surface area contributed by atoms with Gasteiger partial charge in [0.2, 0.25) is 0 Å². The zero-order valence-corrected chi connectivity index (χ0v) is 12.1. The van der Waals surface area contributed by atoms with Crippen LogP contribution >= 0.6 is 0 Å². The van der Waals surface area contributed by atoms with Crippen molar-refractivity contribution >= 4 is 0 Å². The van der Waals surface area contributed by atoms with Crippen molar-refractivity contribution in [1.29, 1.82) is 0 Å². The summed E-state index contributed by atoms with van der Waals surface area (Å²) in [6.07, 6.45) is 4.38. The highest BCUT2D eigenvalue weighted by Crippen LogP contribution is 2.12. The maximum absolute atomic E-state index is 4.60. The predicted octanol–water partition coefficient (Wildman–Crippen LogP) is 3.54. The van der Waals surface area contributed by atoms with E-state index in [1.165, 1.54) is 12.8 Å². The van der Waals surface area contributed by atoms with E-state index in [2.05, 4.69) is 49.4 Å². The van der Waals surface area contributed by atoms with Gasteiger partial charge in [-0.2, -0.15) is 5.10 Å². The second kappa shape index (κ2) is 6.02. The molecule has 2 rings (SSSR count). The number of hydrogen-bond acceptors (Lipinski definition) is 2. The second-order valence-electron chi connectivity index (χ2n) is 5.57. The highest BCUT2D eigenvalue weighted by Gasteiger charge is 2.15. The van der Waals surface area contributed by atoms with Crippen molar-refractivity contribution in [1.82, 2.24) is 15.1 Å². The van der Waals surface area contributed by atoms with Gasteiger partial charge in [0.25, 0.3) is 0 Å². The molecule has 0 aliphatic carbocycles. The number of para-hydroxylation sites is 1. The molecule has 102 valence electrons. The largest absolute Gasteiger partial charge is 0.306 e. The smallest absolute Gasteiger partial charge is 0.0767 e. The Kier molecular flexibility index (Phi) is 4.38. The molecule has 19 heavy (non-hydrogen) atoms. The number of nitrogens with one attached hydrogen (secondary N) is 1. The molecular formula is C16H23N3. The summed E-state index contributed by atoms with van der Waals surface area (Å²) in [4.78, 5) is 0. The molecule has 1 aromatic carbocycles. The fourth-order valence-electron chi connectivity index (χ4n) is 2.22. The first-order valence-electron chi connectivity index (χ1n) is 6.96. The van der Waals surface area contributed by atoms with Gasteiger partial charge in [-0.1, -0.05) is 31.5 Å². The third-order valence-electron chi connectivity index (χ3n) is 3.29. The van der Waals surface area contributed by atoms with Crippen molar-refractivity contribution in [3.8, 4) is 5.69 Å². The third-order valence-corrected chi connectivity index (χ3v) is 3.29. The molecular weight excluding hydrogens is 234 g/mol. The van der Waals surface area contributed by atoms with Crippen molar-refractivity contribution in [3.63, 3.8) is 0 Å². The van der Waals surface area contributed by atoms with E-state index in [4.69, 9.17) is 0 Å². The van der Waals surface area contributed by atoms with Crippen LogP contribution in [0, 0.1) is 0 Å². The number of nitrogens with zero attached hydrogens (tertiary/aromatic N) is 2. The number of rotatable bonds is 6. The minimum absolute atomic E-state index is 0.172. The fourth-order valence-corrected chi connectivity index (χ4v) is 2.22. The Hall–Kier alpha value is -1.61. The lowest BCUT2D eigenvalue weighted by Gasteiger charge is -2.25. The maximum Gasteiger partial charge on any atom is 0.0767 e. The van der Waals surface area contributed by atoms with Crippen LogP contribution in [0.25, 0.3) is 5.69 Å². The van der Waals surface area contributed by atoms with Gasteiger partial charge < -0.3 is 5.32 Å². The molecule has 0 radical (unpaired) electrons. The van der Waals surface area contributed by atoms with Gasteiger partial charge in [0.05, 0.1) is 11.4 Å². The summed E-state index contributed by atoms with van der Waals surface area (Å²) in [5.41, 5.74) is 2.35. The Labute approximate surface area is 115 Å². The van der Waals surface area contributed by atoms with Crippen LogP contribution in [0.1, 0.15) is 39.3 Å². The Bertz CT molecular complexity index is 500. The standard InChI is InChI=1S/C16H23N3/c1-4-11-16(2,3)17-13-14-10-12-19(18-14)15-8-6-5-7-9-15/h5-10,12,17H,4,11,13H2,1-3H3. The van der Waals surface area contributed by atoms with Gasteiger partial charge in [-0.25, -0.2) is 4.68 Å². The van der Waals surface area contributed by atoms with E-state index >= 15 is 0 Å². The van der Waals surface area contributed by atoms with Crippen LogP contribution in [0.5, 0.6) is 0 Å². The Balaban J connectivity index is 1.99. The molecule has 1 aromatic heterocycles. The summed E-state index contributed by atoms with van der Waals surface area (Å²) in [6, 6.07) is 12.3. The lowest BCUT2D eigenvalue weighted by molar-refractivity contribution is 0.354. The molecule has 0 aliphatic heterocycles. The zero-order valence-electron chi connectivity index (χ0n) is 12.1. The summed E-state index contributed by atoms with van der Waals surface area (Å²) >= 11 is 0. The van der Waals surface area contributed by atoms with Gasteiger partial charge in [0.15, 0.2) is 0 Å². The SMILES string of the molecule is CCCC(C)(C)NCc1ccn(-c2ccccc2)n1. The van der Waals surface area contributed by atoms with Crippen LogP contribution in [0.2, 0.25) is 0 Å². The van der Waals surface area contributed by atoms with Crippen LogP contribution in [-0.2, 0) is 6.54 Å². The van der Waals surface area contributed by atoms with Gasteiger partial charge in [0, 0.05) is 18.3 Å². The summed E-state index contributed by atoms with van der Waals surface area (Å²) in [6.45, 7) is 7.51. The van der Waals surface area contributed by atoms with Crippen molar-refractivity contribution in [2.24, 2.45) is 0 Å². The summed E-state index contributed by atoms with van der Waals surface area (Å²) < 4.78 is 1.92. The highest BCUT2D eigenvalue weighted by atomic mass is 15.3. The Morgan fingerprint density at radius 3 is 2.58 bits per heavy atom. The molecule has 3 nitrogen and oxygen atoms in total. The molecule has 0 aliphatic rings. The average molecular weight is 257 g/mol. The van der Waals surface area contributed by atoms with E-state index in [-0.39, 0.29) is 5.54 Å². The van der Waals surface area contributed by atoms with E-state index < -0.39 is 0 Å². The van der Waals surface area contributed by atoms with Crippen LogP contribution in [0.3, 0.4) is 0 Å². The summed E-state index contributed by atoms with van der Waals surface area (Å²) in [7, 11) is 0. The van der Waals surface area contributed by atoms with E-state index in [0.29, 0.717) is 0 Å². The lowest BCUT2D eigenvalue weighted by atomic mass is 9.99. The minimum atomic E-state index is 0.172. The third kappa shape index (κ3) is 3.93. The van der Waals surface area contributed by atoms with E-state index in [1.807, 2.05) is 29.1 Å². The van der Waals surface area contributed by atoms with Gasteiger partial charge in [0.1, 0.15) is 0 Å². The van der Waals surface area contributed by atoms with E-state index in [0.717, 1.165) is 17.9 Å². The van der Waals surface area contributed by atoms with Crippen LogP contribution in [-0.4, -0.2) is 15.3 Å². The molecule has 1 N–H and O–H groups in total. The normalized spacial score (nSPS) is 11.7. The molecule has 3 heteroatoms. The first-order chi connectivity index (χ1) is 9.11. The quantitative estimate of drug-likeness (QED) is 0.857. The van der Waals surface area contributed by atoms with Gasteiger partial charge in [-0.3, -0.25) is 0 Å². The van der Waals surface area contributed by atoms with Gasteiger partial charge in [-0.15, -0.1) is 0 Å². The molecule has 0 atom stereocenters. The Morgan fingerprint density at radius 2 is 1.89 bits per heavy atom. The fraction of sp³-hybridized carbons (Fsp3) is 0.438. The minimum Gasteiger partial charge on any atom is -0.306 e. The first-order valence-corrected chi connectivity index (χ1v) is 6.96. The monoisotopic (exact) mass is 257 g/mol.